The summed E-state index contributed by atoms with van der Waals surface area (Å²) in [6, 6.07) is 19.4. The Hall–Kier alpha value is -3.49. The molecule has 0 fully saturated rings. The van der Waals surface area contributed by atoms with E-state index in [0.29, 0.717) is 35.3 Å². The van der Waals surface area contributed by atoms with Gasteiger partial charge in [0.1, 0.15) is 18.2 Å². The van der Waals surface area contributed by atoms with Gasteiger partial charge in [-0.1, -0.05) is 54.1 Å². The number of ether oxygens (including phenoxy) is 2. The van der Waals surface area contributed by atoms with Crippen LogP contribution in [0.5, 0.6) is 11.5 Å². The Morgan fingerprint density at radius 2 is 1.91 bits per heavy atom. The second kappa shape index (κ2) is 10.7. The number of carbonyl (C=O) groups is 1. The maximum atomic E-state index is 12.2. The highest BCUT2D eigenvalue weighted by atomic mass is 35.5. The van der Waals surface area contributed by atoms with E-state index in [4.69, 9.17) is 21.1 Å². The van der Waals surface area contributed by atoms with Crippen molar-refractivity contribution in [1.29, 1.82) is 5.26 Å². The van der Waals surface area contributed by atoms with Crippen LogP contribution in [0.25, 0.3) is 16.8 Å². The van der Waals surface area contributed by atoms with Gasteiger partial charge in [-0.2, -0.15) is 5.26 Å². The van der Waals surface area contributed by atoms with Gasteiger partial charge in [0.05, 0.1) is 11.6 Å². The molecule has 0 heterocycles. The van der Waals surface area contributed by atoms with Gasteiger partial charge in [0.2, 0.25) is 0 Å². The molecule has 0 bridgehead atoms. The van der Waals surface area contributed by atoms with E-state index < -0.39 is 5.91 Å². The first-order valence-corrected chi connectivity index (χ1v) is 10.8. The maximum Gasteiger partial charge on any atom is 0.262 e. The number of hydrogen-bond acceptors (Lipinski definition) is 4. The summed E-state index contributed by atoms with van der Waals surface area (Å²) in [6.45, 7) is 6.25. The number of carbonyl (C=O) groups excluding carboxylic acids is 1. The first kappa shape index (κ1) is 23.2. The zero-order valence-electron chi connectivity index (χ0n) is 18.3. The summed E-state index contributed by atoms with van der Waals surface area (Å²) in [6.07, 6.45) is 1.49. The summed E-state index contributed by atoms with van der Waals surface area (Å²) < 4.78 is 11.8. The number of amides is 1. The lowest BCUT2D eigenvalue weighted by molar-refractivity contribution is -0.117. The molecule has 0 aromatic heterocycles. The number of nitriles is 1. The zero-order valence-corrected chi connectivity index (χ0v) is 19.1. The van der Waals surface area contributed by atoms with Crippen LogP contribution in [-0.4, -0.2) is 18.6 Å². The molecule has 0 atom stereocenters. The Bertz CT molecular complexity index is 1190. The molecule has 1 amide bonds. The molecule has 164 valence electrons. The van der Waals surface area contributed by atoms with Gasteiger partial charge in [-0.15, -0.1) is 0 Å². The van der Waals surface area contributed by atoms with Crippen LogP contribution in [-0.2, 0) is 11.4 Å². The summed E-state index contributed by atoms with van der Waals surface area (Å²) in [5.41, 5.74) is 1.59. The highest BCUT2D eigenvalue weighted by Gasteiger charge is 2.15. The fourth-order valence-corrected chi connectivity index (χ4v) is 3.57. The summed E-state index contributed by atoms with van der Waals surface area (Å²) in [5, 5.41) is 14.7. The average molecular weight is 449 g/mol. The largest absolute Gasteiger partial charge is 0.490 e. The average Bonchev–Trinajstić information content (AvgIpc) is 2.76. The molecule has 0 spiro atoms. The van der Waals surface area contributed by atoms with Gasteiger partial charge in [0.25, 0.3) is 5.91 Å². The Balaban J connectivity index is 1.91. The molecule has 1 N–H and O–H groups in total. The van der Waals surface area contributed by atoms with Gasteiger partial charge in [-0.05, 0) is 60.9 Å². The number of nitrogens with one attached hydrogen (secondary N) is 1. The number of nitrogens with zero attached hydrogens (tertiary/aromatic N) is 1. The lowest BCUT2D eigenvalue weighted by atomic mass is 10.1. The highest BCUT2D eigenvalue weighted by molar-refractivity contribution is 6.32. The molecule has 0 aliphatic rings. The van der Waals surface area contributed by atoms with Crippen LogP contribution in [0.4, 0.5) is 0 Å². The van der Waals surface area contributed by atoms with Crippen LogP contribution < -0.4 is 14.8 Å². The molecule has 5 nitrogen and oxygen atoms in total. The quantitative estimate of drug-likeness (QED) is 0.344. The minimum Gasteiger partial charge on any atom is -0.490 e. The van der Waals surface area contributed by atoms with Crippen molar-refractivity contribution in [1.82, 2.24) is 5.32 Å². The summed E-state index contributed by atoms with van der Waals surface area (Å²) in [4.78, 5) is 12.2. The molecule has 0 saturated heterocycles. The number of halogens is 1. The van der Waals surface area contributed by atoms with Crippen molar-refractivity contribution < 1.29 is 14.3 Å². The van der Waals surface area contributed by atoms with Gasteiger partial charge < -0.3 is 14.8 Å². The SMILES string of the molecule is CCOc1cc(/C=C(/C#N)C(=O)NC(C)C)cc(Cl)c1OCc1cccc2ccccc12. The van der Waals surface area contributed by atoms with Crippen LogP contribution in [0.15, 0.2) is 60.2 Å². The maximum absolute atomic E-state index is 12.2. The summed E-state index contributed by atoms with van der Waals surface area (Å²) >= 11 is 6.53. The number of benzene rings is 3. The highest BCUT2D eigenvalue weighted by Crippen LogP contribution is 2.38. The zero-order chi connectivity index (χ0) is 23.1. The van der Waals surface area contributed by atoms with Crippen LogP contribution in [0.2, 0.25) is 5.02 Å². The van der Waals surface area contributed by atoms with Gasteiger partial charge in [0, 0.05) is 6.04 Å². The van der Waals surface area contributed by atoms with Gasteiger partial charge in [-0.25, -0.2) is 0 Å². The Morgan fingerprint density at radius 3 is 2.62 bits per heavy atom. The first-order chi connectivity index (χ1) is 15.4. The minimum atomic E-state index is -0.437. The van der Waals surface area contributed by atoms with E-state index >= 15 is 0 Å². The van der Waals surface area contributed by atoms with Crippen LogP contribution in [0.1, 0.15) is 31.9 Å². The van der Waals surface area contributed by atoms with Crippen LogP contribution in [0, 0.1) is 11.3 Å². The van der Waals surface area contributed by atoms with Crippen molar-refractivity contribution in [3.8, 4) is 17.6 Å². The minimum absolute atomic E-state index is 0.0124. The van der Waals surface area contributed by atoms with Crippen LogP contribution in [0.3, 0.4) is 0 Å². The smallest absolute Gasteiger partial charge is 0.262 e. The topological polar surface area (TPSA) is 71.3 Å². The third-order valence-electron chi connectivity index (χ3n) is 4.68. The second-order valence-electron chi connectivity index (χ2n) is 7.49. The predicted octanol–water partition coefficient (Wildman–Crippen LogP) is 5.90. The van der Waals surface area contributed by atoms with Crippen molar-refractivity contribution in [2.24, 2.45) is 0 Å². The molecule has 0 unspecified atom stereocenters. The lowest BCUT2D eigenvalue weighted by Gasteiger charge is -2.15. The molecule has 3 rings (SSSR count). The van der Waals surface area contributed by atoms with E-state index in [2.05, 4.69) is 23.5 Å². The fraction of sp³-hybridized carbons (Fsp3) is 0.231. The van der Waals surface area contributed by atoms with E-state index in [9.17, 15) is 10.1 Å². The summed E-state index contributed by atoms with van der Waals surface area (Å²) in [7, 11) is 0. The van der Waals surface area contributed by atoms with Gasteiger partial charge >= 0.3 is 0 Å². The van der Waals surface area contributed by atoms with E-state index in [1.165, 1.54) is 6.08 Å². The van der Waals surface area contributed by atoms with E-state index in [-0.39, 0.29) is 11.6 Å². The number of rotatable bonds is 8. The first-order valence-electron chi connectivity index (χ1n) is 10.4. The van der Waals surface area contributed by atoms with Crippen molar-refractivity contribution in [3.63, 3.8) is 0 Å². The Morgan fingerprint density at radius 1 is 1.16 bits per heavy atom. The second-order valence-corrected chi connectivity index (χ2v) is 7.90. The molecule has 3 aromatic carbocycles. The van der Waals surface area contributed by atoms with E-state index in [0.717, 1.165) is 16.3 Å². The van der Waals surface area contributed by atoms with Crippen molar-refractivity contribution in [3.05, 3.63) is 76.3 Å². The van der Waals surface area contributed by atoms with Crippen molar-refractivity contribution >= 4 is 34.4 Å². The lowest BCUT2D eigenvalue weighted by Crippen LogP contribution is -2.30. The summed E-state index contributed by atoms with van der Waals surface area (Å²) in [5.74, 6) is 0.435. The molecule has 0 aliphatic carbocycles. The molecule has 6 heteroatoms. The normalized spacial score (nSPS) is 11.3. The van der Waals surface area contributed by atoms with Gasteiger partial charge in [-0.3, -0.25) is 4.79 Å². The number of hydrogen-bond donors (Lipinski definition) is 1. The third kappa shape index (κ3) is 5.60. The molecule has 0 saturated carbocycles. The van der Waals surface area contributed by atoms with E-state index in [1.54, 1.807) is 12.1 Å². The molecular formula is C26H25ClN2O3. The van der Waals surface area contributed by atoms with Crippen LogP contribution >= 0.6 is 11.6 Å². The molecule has 0 aliphatic heterocycles. The number of fused-ring (bicyclic) bond motifs is 1. The predicted molar refractivity (Wildman–Crippen MR) is 128 cm³/mol. The Kier molecular flexibility index (Phi) is 7.75. The molecule has 3 aromatic rings. The molecule has 32 heavy (non-hydrogen) atoms. The van der Waals surface area contributed by atoms with E-state index in [1.807, 2.05) is 51.1 Å². The van der Waals surface area contributed by atoms with Gasteiger partial charge in [0.15, 0.2) is 11.5 Å². The third-order valence-corrected chi connectivity index (χ3v) is 4.96. The van der Waals surface area contributed by atoms with Crippen molar-refractivity contribution in [2.45, 2.75) is 33.4 Å². The Labute approximate surface area is 193 Å². The fourth-order valence-electron chi connectivity index (χ4n) is 3.30. The van der Waals surface area contributed by atoms with Crippen molar-refractivity contribution in [2.75, 3.05) is 6.61 Å². The monoisotopic (exact) mass is 448 g/mol. The molecular weight excluding hydrogens is 424 g/mol. The standard InChI is InChI=1S/C26H25ClN2O3/c1-4-31-24-14-18(12-21(15-28)26(30)29-17(2)3)13-23(27)25(24)32-16-20-10-7-9-19-8-5-6-11-22(19)20/h5-14,17H,4,16H2,1-3H3,(H,29,30)/b21-12-. The molecule has 0 radical (unpaired) electrons.